The largest absolute Gasteiger partial charge is 0.490 e. The van der Waals surface area contributed by atoms with Gasteiger partial charge in [0.1, 0.15) is 18.2 Å². The second-order valence-electron chi connectivity index (χ2n) is 7.27. The number of aryl methyl sites for hydroxylation is 1. The lowest BCUT2D eigenvalue weighted by Crippen LogP contribution is -2.47. The van der Waals surface area contributed by atoms with Gasteiger partial charge in [-0.3, -0.25) is 0 Å². The minimum Gasteiger partial charge on any atom is -0.490 e. The Morgan fingerprint density at radius 1 is 0.968 bits per heavy atom. The minimum absolute atomic E-state index is 0.221. The van der Waals surface area contributed by atoms with Gasteiger partial charge in [0.2, 0.25) is 5.60 Å². The van der Waals surface area contributed by atoms with Gasteiger partial charge in [-0.1, -0.05) is 23.8 Å². The van der Waals surface area contributed by atoms with E-state index in [4.69, 9.17) is 4.74 Å². The third kappa shape index (κ3) is 3.98. The highest BCUT2D eigenvalue weighted by molar-refractivity contribution is 5.81. The molecule has 8 heteroatoms. The summed E-state index contributed by atoms with van der Waals surface area (Å²) >= 11 is 0. The first kappa shape index (κ1) is 20.9. The molecule has 4 nitrogen and oxygen atoms in total. The highest BCUT2D eigenvalue weighted by atomic mass is 19.4. The van der Waals surface area contributed by atoms with Crippen molar-refractivity contribution in [2.24, 2.45) is 0 Å². The van der Waals surface area contributed by atoms with Crippen LogP contribution in [0.25, 0.3) is 16.6 Å². The van der Waals surface area contributed by atoms with Crippen molar-refractivity contribution >= 4 is 10.9 Å². The fraction of sp³-hybridized carbons (Fsp3) is 0.174. The molecule has 3 aromatic carbocycles. The summed E-state index contributed by atoms with van der Waals surface area (Å²) in [6.45, 7) is 0.842. The number of nitrogens with zero attached hydrogens (tertiary/aromatic N) is 2. The third-order valence-corrected chi connectivity index (χ3v) is 5.05. The third-order valence-electron chi connectivity index (χ3n) is 5.05. The Labute approximate surface area is 175 Å². The van der Waals surface area contributed by atoms with Gasteiger partial charge in [-0.2, -0.15) is 18.3 Å². The van der Waals surface area contributed by atoms with E-state index in [2.05, 4.69) is 5.10 Å². The number of ether oxygens (including phenoxy) is 1. The Bertz CT molecular complexity index is 1200. The maximum absolute atomic E-state index is 13.9. The fourth-order valence-electron chi connectivity index (χ4n) is 3.23. The number of aliphatic hydroxyl groups is 1. The summed E-state index contributed by atoms with van der Waals surface area (Å²) < 4.78 is 61.6. The molecule has 0 aliphatic carbocycles. The second-order valence-corrected chi connectivity index (χ2v) is 7.27. The highest BCUT2D eigenvalue weighted by Gasteiger charge is 2.56. The molecule has 0 spiro atoms. The van der Waals surface area contributed by atoms with Crippen LogP contribution in [0, 0.1) is 12.7 Å². The molecule has 0 saturated heterocycles. The normalized spacial score (nSPS) is 13.9. The van der Waals surface area contributed by atoms with Crippen molar-refractivity contribution in [1.82, 2.24) is 9.78 Å². The first-order chi connectivity index (χ1) is 14.7. The quantitative estimate of drug-likeness (QED) is 0.437. The molecular weight excluding hydrogens is 412 g/mol. The number of rotatable bonds is 5. The number of hydrogen-bond donors (Lipinski definition) is 1. The number of fused-ring (bicyclic) bond motifs is 1. The molecule has 0 aliphatic rings. The van der Waals surface area contributed by atoms with Gasteiger partial charge in [0, 0.05) is 5.39 Å². The van der Waals surface area contributed by atoms with Crippen molar-refractivity contribution in [3.05, 3.63) is 89.9 Å². The number of aromatic nitrogens is 2. The summed E-state index contributed by atoms with van der Waals surface area (Å²) in [5, 5.41) is 15.2. The Morgan fingerprint density at radius 2 is 1.65 bits per heavy atom. The molecule has 1 atom stereocenters. The molecule has 1 heterocycles. The maximum atomic E-state index is 13.9. The van der Waals surface area contributed by atoms with E-state index in [1.54, 1.807) is 24.3 Å². The minimum atomic E-state index is -4.97. The zero-order chi connectivity index (χ0) is 22.2. The molecule has 0 radical (unpaired) electrons. The van der Waals surface area contributed by atoms with Crippen LogP contribution in [0.4, 0.5) is 17.6 Å². The van der Waals surface area contributed by atoms with Gasteiger partial charge in [-0.05, 0) is 61.0 Å². The van der Waals surface area contributed by atoms with Gasteiger partial charge < -0.3 is 9.84 Å². The van der Waals surface area contributed by atoms with Gasteiger partial charge in [-0.25, -0.2) is 9.07 Å². The van der Waals surface area contributed by atoms with Crippen molar-refractivity contribution in [3.63, 3.8) is 0 Å². The number of halogens is 4. The summed E-state index contributed by atoms with van der Waals surface area (Å²) in [4.78, 5) is 0. The number of alkyl halides is 3. The van der Waals surface area contributed by atoms with Crippen LogP contribution in [-0.4, -0.2) is 27.7 Å². The SMILES string of the molecule is Cc1ccc(OCC(O)(c2ccc3c(cnn3-c3ccc(F)cc3)c2)C(F)(F)F)cc1. The summed E-state index contributed by atoms with van der Waals surface area (Å²) in [6, 6.07) is 15.9. The molecule has 4 aromatic rings. The van der Waals surface area contributed by atoms with Gasteiger partial charge in [0.25, 0.3) is 0 Å². The van der Waals surface area contributed by atoms with Crippen LogP contribution in [0.15, 0.2) is 72.9 Å². The predicted molar refractivity (Wildman–Crippen MR) is 108 cm³/mol. The Kier molecular flexibility index (Phi) is 5.18. The molecule has 0 amide bonds. The van der Waals surface area contributed by atoms with E-state index in [1.807, 2.05) is 6.92 Å². The molecule has 1 unspecified atom stereocenters. The van der Waals surface area contributed by atoms with Crippen LogP contribution in [0.2, 0.25) is 0 Å². The zero-order valence-corrected chi connectivity index (χ0v) is 16.4. The van der Waals surface area contributed by atoms with Gasteiger partial charge in [0.05, 0.1) is 17.4 Å². The Hall–Kier alpha value is -3.39. The zero-order valence-electron chi connectivity index (χ0n) is 16.4. The van der Waals surface area contributed by atoms with Crippen molar-refractivity contribution in [3.8, 4) is 11.4 Å². The summed E-state index contributed by atoms with van der Waals surface area (Å²) in [5.74, 6) is -0.190. The Balaban J connectivity index is 1.69. The molecule has 1 N–H and O–H groups in total. The van der Waals surface area contributed by atoms with Crippen LogP contribution >= 0.6 is 0 Å². The van der Waals surface area contributed by atoms with Crippen molar-refractivity contribution in [2.75, 3.05) is 6.61 Å². The average Bonchev–Trinajstić information content (AvgIpc) is 3.16. The van der Waals surface area contributed by atoms with E-state index < -0.39 is 24.2 Å². The van der Waals surface area contributed by atoms with Crippen LogP contribution in [0.1, 0.15) is 11.1 Å². The van der Waals surface area contributed by atoms with Crippen molar-refractivity contribution in [1.29, 1.82) is 0 Å². The first-order valence-corrected chi connectivity index (χ1v) is 9.40. The molecule has 160 valence electrons. The standard InChI is InChI=1S/C23H18F4N2O2/c1-15-2-9-20(10-3-15)31-14-22(30,23(25,26)27)17-4-11-21-16(12-17)13-28-29(21)19-7-5-18(24)6-8-19/h2-13,30H,14H2,1H3. The van der Waals surface area contributed by atoms with Crippen LogP contribution < -0.4 is 4.74 Å². The lowest BCUT2D eigenvalue weighted by molar-refractivity contribution is -0.275. The van der Waals surface area contributed by atoms with Crippen LogP contribution in [0.3, 0.4) is 0 Å². The van der Waals surface area contributed by atoms with Gasteiger partial charge in [0.15, 0.2) is 0 Å². The van der Waals surface area contributed by atoms with Crippen LogP contribution in [-0.2, 0) is 5.60 Å². The van der Waals surface area contributed by atoms with Crippen molar-refractivity contribution < 1.29 is 27.4 Å². The van der Waals surface area contributed by atoms with Gasteiger partial charge >= 0.3 is 6.18 Å². The van der Waals surface area contributed by atoms with E-state index >= 15 is 0 Å². The monoisotopic (exact) mass is 430 g/mol. The smallest absolute Gasteiger partial charge is 0.424 e. The fourth-order valence-corrected chi connectivity index (χ4v) is 3.23. The Morgan fingerprint density at radius 3 is 2.29 bits per heavy atom. The molecule has 4 rings (SSSR count). The molecule has 0 aliphatic heterocycles. The van der Waals surface area contributed by atoms with E-state index in [9.17, 15) is 22.7 Å². The van der Waals surface area contributed by atoms with Crippen LogP contribution in [0.5, 0.6) is 5.75 Å². The maximum Gasteiger partial charge on any atom is 0.424 e. The lowest BCUT2D eigenvalue weighted by atomic mass is 9.93. The summed E-state index contributed by atoms with van der Waals surface area (Å²) in [6.07, 6.45) is -3.59. The molecular formula is C23H18F4N2O2. The summed E-state index contributed by atoms with van der Waals surface area (Å²) in [5.41, 5.74) is -1.58. The van der Waals surface area contributed by atoms with E-state index in [-0.39, 0.29) is 11.3 Å². The van der Waals surface area contributed by atoms with E-state index in [1.165, 1.54) is 53.3 Å². The van der Waals surface area contributed by atoms with Gasteiger partial charge in [-0.15, -0.1) is 0 Å². The first-order valence-electron chi connectivity index (χ1n) is 9.40. The lowest BCUT2D eigenvalue weighted by Gasteiger charge is -2.30. The number of hydrogen-bond acceptors (Lipinski definition) is 3. The van der Waals surface area contributed by atoms with Crippen molar-refractivity contribution in [2.45, 2.75) is 18.7 Å². The topological polar surface area (TPSA) is 47.3 Å². The second kappa shape index (κ2) is 7.70. The van der Waals surface area contributed by atoms with E-state index in [0.717, 1.165) is 5.56 Å². The molecule has 0 bridgehead atoms. The number of benzene rings is 3. The van der Waals surface area contributed by atoms with E-state index in [0.29, 0.717) is 16.6 Å². The molecule has 1 aromatic heterocycles. The molecule has 0 saturated carbocycles. The summed E-state index contributed by atoms with van der Waals surface area (Å²) in [7, 11) is 0. The molecule has 0 fully saturated rings. The predicted octanol–water partition coefficient (Wildman–Crippen LogP) is 5.30. The highest BCUT2D eigenvalue weighted by Crippen LogP contribution is 2.40. The molecule has 31 heavy (non-hydrogen) atoms. The average molecular weight is 430 g/mol.